The first-order valence-electron chi connectivity index (χ1n) is 9.82. The van der Waals surface area contributed by atoms with Crippen LogP contribution in [0.15, 0.2) is 48.5 Å². The third kappa shape index (κ3) is 5.41. The van der Waals surface area contributed by atoms with Gasteiger partial charge >= 0.3 is 12.1 Å². The number of carbonyl (C=O) groups excluding carboxylic acids is 2. The second-order valence-electron chi connectivity index (χ2n) is 8.08. The summed E-state index contributed by atoms with van der Waals surface area (Å²) in [7, 11) is 1.34. The van der Waals surface area contributed by atoms with Gasteiger partial charge < -0.3 is 14.2 Å². The summed E-state index contributed by atoms with van der Waals surface area (Å²) in [6, 6.07) is 13.7. The number of rotatable bonds is 5. The van der Waals surface area contributed by atoms with E-state index in [2.05, 4.69) is 4.74 Å². The second kappa shape index (κ2) is 9.03. The maximum atomic E-state index is 12.6. The number of hydrogen-bond donors (Lipinski definition) is 0. The van der Waals surface area contributed by atoms with E-state index in [1.807, 2.05) is 63.2 Å². The molecule has 1 amide bonds. The Morgan fingerprint density at radius 2 is 1.73 bits per heavy atom. The van der Waals surface area contributed by atoms with E-state index in [9.17, 15) is 9.59 Å². The van der Waals surface area contributed by atoms with Crippen molar-refractivity contribution < 1.29 is 23.8 Å². The molecule has 30 heavy (non-hydrogen) atoms. The molecule has 1 aliphatic rings. The molecule has 0 fully saturated rings. The van der Waals surface area contributed by atoms with Gasteiger partial charge in [-0.1, -0.05) is 36.4 Å². The van der Waals surface area contributed by atoms with Gasteiger partial charge in [0.1, 0.15) is 18.0 Å². The fourth-order valence-electron chi connectivity index (χ4n) is 3.20. The smallest absolute Gasteiger partial charge is 0.410 e. The van der Waals surface area contributed by atoms with Crippen LogP contribution in [0.2, 0.25) is 0 Å². The standard InChI is InChI=1S/C24H27NO5/c1-24(2,3)30-23(27)25-14-19-18(11-13-22(26)28-4)10-12-21(20(19)15-25)29-16-17-8-6-5-7-9-17/h5-13H,14-16H2,1-4H3. The van der Waals surface area contributed by atoms with Crippen molar-refractivity contribution in [1.82, 2.24) is 4.90 Å². The minimum absolute atomic E-state index is 0.379. The Balaban J connectivity index is 1.86. The lowest BCUT2D eigenvalue weighted by atomic mass is 10.0. The van der Waals surface area contributed by atoms with Gasteiger partial charge in [-0.2, -0.15) is 0 Å². The molecule has 3 rings (SSSR count). The van der Waals surface area contributed by atoms with E-state index >= 15 is 0 Å². The first kappa shape index (κ1) is 21.4. The van der Waals surface area contributed by atoms with Crippen molar-refractivity contribution in [1.29, 1.82) is 0 Å². The molecular weight excluding hydrogens is 382 g/mol. The van der Waals surface area contributed by atoms with Gasteiger partial charge in [-0.15, -0.1) is 0 Å². The monoisotopic (exact) mass is 409 g/mol. The topological polar surface area (TPSA) is 65.1 Å². The van der Waals surface area contributed by atoms with Crippen LogP contribution in [0.25, 0.3) is 6.08 Å². The number of esters is 1. The molecule has 0 saturated heterocycles. The average Bonchev–Trinajstić information content (AvgIpc) is 3.16. The quantitative estimate of drug-likeness (QED) is 0.529. The number of fused-ring (bicyclic) bond motifs is 1. The van der Waals surface area contributed by atoms with Gasteiger partial charge in [0.25, 0.3) is 0 Å². The molecule has 0 aliphatic carbocycles. The van der Waals surface area contributed by atoms with E-state index < -0.39 is 11.6 Å². The zero-order valence-electron chi connectivity index (χ0n) is 17.8. The van der Waals surface area contributed by atoms with Gasteiger partial charge in [-0.05, 0) is 49.6 Å². The van der Waals surface area contributed by atoms with Crippen molar-refractivity contribution >= 4 is 18.1 Å². The molecule has 1 aliphatic heterocycles. The van der Waals surface area contributed by atoms with Crippen LogP contribution in [0.3, 0.4) is 0 Å². The Morgan fingerprint density at radius 3 is 2.40 bits per heavy atom. The third-order valence-electron chi connectivity index (χ3n) is 4.61. The van der Waals surface area contributed by atoms with Gasteiger partial charge in [-0.3, -0.25) is 4.90 Å². The normalized spacial score (nSPS) is 13.3. The summed E-state index contributed by atoms with van der Waals surface area (Å²) in [4.78, 5) is 25.8. The SMILES string of the molecule is COC(=O)C=Cc1ccc(OCc2ccccc2)c2c1CN(C(=O)OC(C)(C)C)C2. The van der Waals surface area contributed by atoms with Crippen LogP contribution in [-0.2, 0) is 34.0 Å². The van der Waals surface area contributed by atoms with Crippen LogP contribution in [0.4, 0.5) is 4.79 Å². The van der Waals surface area contributed by atoms with Crippen LogP contribution in [0, 0.1) is 0 Å². The molecule has 0 atom stereocenters. The number of amides is 1. The maximum absolute atomic E-state index is 12.6. The molecule has 0 N–H and O–H groups in total. The molecular formula is C24H27NO5. The van der Waals surface area contributed by atoms with Crippen molar-refractivity contribution in [2.24, 2.45) is 0 Å². The molecule has 0 spiro atoms. The first-order chi connectivity index (χ1) is 14.3. The van der Waals surface area contributed by atoms with E-state index in [-0.39, 0.29) is 6.09 Å². The number of nitrogens with zero attached hydrogens (tertiary/aromatic N) is 1. The third-order valence-corrected chi connectivity index (χ3v) is 4.61. The Labute approximate surface area is 177 Å². The molecule has 158 valence electrons. The Morgan fingerprint density at radius 1 is 1.03 bits per heavy atom. The summed E-state index contributed by atoms with van der Waals surface area (Å²) in [5.41, 5.74) is 3.18. The highest BCUT2D eigenvalue weighted by Crippen LogP contribution is 2.35. The zero-order chi connectivity index (χ0) is 21.7. The Bertz CT molecular complexity index is 944. The summed E-state index contributed by atoms with van der Waals surface area (Å²) >= 11 is 0. The molecule has 0 unspecified atom stereocenters. The van der Waals surface area contributed by atoms with Crippen molar-refractivity contribution in [3.8, 4) is 5.75 Å². The fourth-order valence-corrected chi connectivity index (χ4v) is 3.20. The zero-order valence-corrected chi connectivity index (χ0v) is 17.8. The van der Waals surface area contributed by atoms with E-state index in [1.165, 1.54) is 13.2 Å². The highest BCUT2D eigenvalue weighted by molar-refractivity contribution is 5.87. The van der Waals surface area contributed by atoms with Gasteiger partial charge in [0.05, 0.1) is 20.2 Å². The lowest BCUT2D eigenvalue weighted by molar-refractivity contribution is -0.134. The molecule has 0 radical (unpaired) electrons. The summed E-state index contributed by atoms with van der Waals surface area (Å²) < 4.78 is 16.3. The first-order valence-corrected chi connectivity index (χ1v) is 9.82. The highest BCUT2D eigenvalue weighted by atomic mass is 16.6. The van der Waals surface area contributed by atoms with Gasteiger partial charge in [0, 0.05) is 11.6 Å². The second-order valence-corrected chi connectivity index (χ2v) is 8.08. The average molecular weight is 409 g/mol. The molecule has 2 aromatic rings. The van der Waals surface area contributed by atoms with E-state index in [0.29, 0.717) is 19.7 Å². The lowest BCUT2D eigenvalue weighted by Crippen LogP contribution is -2.33. The van der Waals surface area contributed by atoms with Crippen molar-refractivity contribution in [2.75, 3.05) is 7.11 Å². The Hall–Kier alpha value is -3.28. The summed E-state index contributed by atoms with van der Waals surface area (Å²) in [6.07, 6.45) is 2.69. The molecule has 2 aromatic carbocycles. The predicted molar refractivity (Wildman–Crippen MR) is 114 cm³/mol. The van der Waals surface area contributed by atoms with E-state index in [4.69, 9.17) is 9.47 Å². The highest BCUT2D eigenvalue weighted by Gasteiger charge is 2.31. The van der Waals surface area contributed by atoms with Crippen LogP contribution in [-0.4, -0.2) is 29.7 Å². The summed E-state index contributed by atoms with van der Waals surface area (Å²) in [6.45, 7) is 6.71. The molecule has 0 aromatic heterocycles. The maximum Gasteiger partial charge on any atom is 0.410 e. The fraction of sp³-hybridized carbons (Fsp3) is 0.333. The van der Waals surface area contributed by atoms with Crippen molar-refractivity contribution in [2.45, 2.75) is 46.1 Å². The van der Waals surface area contributed by atoms with Gasteiger partial charge in [0.2, 0.25) is 0 Å². The molecule has 0 saturated carbocycles. The predicted octanol–water partition coefficient (Wildman–Crippen LogP) is 4.70. The van der Waals surface area contributed by atoms with Crippen LogP contribution in [0.5, 0.6) is 5.75 Å². The van der Waals surface area contributed by atoms with Gasteiger partial charge in [-0.25, -0.2) is 9.59 Å². The largest absolute Gasteiger partial charge is 0.489 e. The molecule has 0 bridgehead atoms. The van der Waals surface area contributed by atoms with Crippen molar-refractivity contribution in [3.63, 3.8) is 0 Å². The van der Waals surface area contributed by atoms with E-state index in [1.54, 1.807) is 11.0 Å². The molecule has 6 heteroatoms. The number of benzene rings is 2. The van der Waals surface area contributed by atoms with Crippen LogP contribution in [0.1, 0.15) is 43.0 Å². The molecule has 1 heterocycles. The number of carbonyl (C=O) groups is 2. The van der Waals surface area contributed by atoms with E-state index in [0.717, 1.165) is 28.0 Å². The number of methoxy groups -OCH3 is 1. The summed E-state index contributed by atoms with van der Waals surface area (Å²) in [5.74, 6) is 0.283. The minimum Gasteiger partial charge on any atom is -0.489 e. The van der Waals surface area contributed by atoms with Crippen LogP contribution < -0.4 is 4.74 Å². The number of hydrogen-bond acceptors (Lipinski definition) is 5. The molecule has 6 nitrogen and oxygen atoms in total. The van der Waals surface area contributed by atoms with Crippen molar-refractivity contribution in [3.05, 3.63) is 70.8 Å². The Kier molecular flexibility index (Phi) is 6.45. The van der Waals surface area contributed by atoms with Crippen LogP contribution >= 0.6 is 0 Å². The number of ether oxygens (including phenoxy) is 3. The lowest BCUT2D eigenvalue weighted by Gasteiger charge is -2.24. The summed E-state index contributed by atoms with van der Waals surface area (Å²) in [5, 5.41) is 0. The van der Waals surface area contributed by atoms with Gasteiger partial charge in [0.15, 0.2) is 0 Å². The minimum atomic E-state index is -0.577.